The third kappa shape index (κ3) is 2.68. The Morgan fingerprint density at radius 1 is 1.05 bits per heavy atom. The summed E-state index contributed by atoms with van der Waals surface area (Å²) in [6.07, 6.45) is 1.55. The van der Waals surface area contributed by atoms with Gasteiger partial charge < -0.3 is 9.80 Å². The molecule has 0 spiro atoms. The van der Waals surface area contributed by atoms with E-state index in [1.54, 1.807) is 4.90 Å². The number of anilines is 1. The lowest BCUT2D eigenvalue weighted by Crippen LogP contribution is -2.37. The monoisotopic (exact) mass is 290 g/mol. The van der Waals surface area contributed by atoms with E-state index in [0.717, 1.165) is 43.2 Å². The highest BCUT2D eigenvalue weighted by Crippen LogP contribution is 2.22. The summed E-state index contributed by atoms with van der Waals surface area (Å²) >= 11 is 1.89. The zero-order valence-electron chi connectivity index (χ0n) is 11.4. The molecule has 0 aromatic heterocycles. The molecule has 0 aliphatic carbocycles. The van der Waals surface area contributed by atoms with E-state index in [1.165, 1.54) is 0 Å². The SMILES string of the molecule is O=C(c1ccc(N2CCCC2=O)cc1)N1CCSCC1. The predicted molar refractivity (Wildman–Crippen MR) is 81.3 cm³/mol. The van der Waals surface area contributed by atoms with Crippen molar-refractivity contribution in [3.63, 3.8) is 0 Å². The zero-order valence-corrected chi connectivity index (χ0v) is 12.2. The molecule has 0 bridgehead atoms. The van der Waals surface area contributed by atoms with Crippen LogP contribution in [0.25, 0.3) is 0 Å². The summed E-state index contributed by atoms with van der Waals surface area (Å²) < 4.78 is 0. The van der Waals surface area contributed by atoms with Crippen molar-refractivity contribution in [1.29, 1.82) is 0 Å². The van der Waals surface area contributed by atoms with E-state index >= 15 is 0 Å². The van der Waals surface area contributed by atoms with Crippen molar-refractivity contribution in [2.24, 2.45) is 0 Å². The minimum Gasteiger partial charge on any atom is -0.337 e. The van der Waals surface area contributed by atoms with E-state index in [1.807, 2.05) is 40.9 Å². The minimum absolute atomic E-state index is 0.101. The molecule has 1 aromatic rings. The van der Waals surface area contributed by atoms with Crippen LogP contribution in [0.3, 0.4) is 0 Å². The Hall–Kier alpha value is -1.49. The largest absolute Gasteiger partial charge is 0.337 e. The van der Waals surface area contributed by atoms with Crippen molar-refractivity contribution >= 4 is 29.3 Å². The van der Waals surface area contributed by atoms with Crippen molar-refractivity contribution in [1.82, 2.24) is 4.90 Å². The maximum absolute atomic E-state index is 12.3. The van der Waals surface area contributed by atoms with Gasteiger partial charge in [0.25, 0.3) is 5.91 Å². The number of rotatable bonds is 2. The maximum atomic E-state index is 12.3. The molecular formula is C15H18N2O2S. The van der Waals surface area contributed by atoms with Crippen LogP contribution in [0.4, 0.5) is 5.69 Å². The molecule has 4 nitrogen and oxygen atoms in total. The summed E-state index contributed by atoms with van der Waals surface area (Å²) in [5.74, 6) is 2.32. The molecule has 0 saturated carbocycles. The van der Waals surface area contributed by atoms with Gasteiger partial charge in [-0.15, -0.1) is 0 Å². The molecule has 2 heterocycles. The van der Waals surface area contributed by atoms with E-state index in [-0.39, 0.29) is 11.8 Å². The summed E-state index contributed by atoms with van der Waals surface area (Å²) in [7, 11) is 0. The van der Waals surface area contributed by atoms with Gasteiger partial charge >= 0.3 is 0 Å². The molecular weight excluding hydrogens is 272 g/mol. The minimum atomic E-state index is 0.101. The van der Waals surface area contributed by atoms with Crippen molar-refractivity contribution in [3.05, 3.63) is 29.8 Å². The molecule has 20 heavy (non-hydrogen) atoms. The number of hydrogen-bond donors (Lipinski definition) is 0. The van der Waals surface area contributed by atoms with Gasteiger partial charge in [0.2, 0.25) is 5.91 Å². The van der Waals surface area contributed by atoms with Crippen LogP contribution in [0.2, 0.25) is 0 Å². The molecule has 0 atom stereocenters. The Bertz CT molecular complexity index is 509. The molecule has 2 fully saturated rings. The first-order chi connectivity index (χ1) is 9.75. The quantitative estimate of drug-likeness (QED) is 0.836. The Labute approximate surface area is 123 Å². The van der Waals surface area contributed by atoms with Gasteiger partial charge in [-0.3, -0.25) is 9.59 Å². The fraction of sp³-hybridized carbons (Fsp3) is 0.467. The summed E-state index contributed by atoms with van der Waals surface area (Å²) in [4.78, 5) is 27.7. The van der Waals surface area contributed by atoms with Gasteiger partial charge in [0.1, 0.15) is 0 Å². The molecule has 106 valence electrons. The molecule has 0 radical (unpaired) electrons. The lowest BCUT2D eigenvalue weighted by Gasteiger charge is -2.26. The average Bonchev–Trinajstić information content (AvgIpc) is 2.94. The van der Waals surface area contributed by atoms with Crippen molar-refractivity contribution in [3.8, 4) is 0 Å². The second kappa shape index (κ2) is 5.87. The highest BCUT2D eigenvalue weighted by Gasteiger charge is 2.22. The number of carbonyl (C=O) groups is 2. The van der Waals surface area contributed by atoms with Crippen LogP contribution >= 0.6 is 11.8 Å². The standard InChI is InChI=1S/C15H18N2O2S/c18-14-2-1-7-17(14)13-5-3-12(4-6-13)15(19)16-8-10-20-11-9-16/h3-6H,1-2,7-11H2. The van der Waals surface area contributed by atoms with E-state index in [4.69, 9.17) is 0 Å². The summed E-state index contributed by atoms with van der Waals surface area (Å²) in [6.45, 7) is 2.45. The molecule has 2 saturated heterocycles. The third-order valence-corrected chi connectivity index (χ3v) is 4.74. The Morgan fingerprint density at radius 3 is 2.35 bits per heavy atom. The van der Waals surface area contributed by atoms with Gasteiger partial charge in [0.05, 0.1) is 0 Å². The highest BCUT2D eigenvalue weighted by molar-refractivity contribution is 7.99. The van der Waals surface area contributed by atoms with Crippen LogP contribution in [0.5, 0.6) is 0 Å². The summed E-state index contributed by atoms with van der Waals surface area (Å²) in [5, 5.41) is 0. The van der Waals surface area contributed by atoms with E-state index < -0.39 is 0 Å². The van der Waals surface area contributed by atoms with Gasteiger partial charge in [-0.1, -0.05) is 0 Å². The fourth-order valence-electron chi connectivity index (χ4n) is 2.65. The number of hydrogen-bond acceptors (Lipinski definition) is 3. The van der Waals surface area contributed by atoms with E-state index in [0.29, 0.717) is 12.0 Å². The molecule has 2 amide bonds. The average molecular weight is 290 g/mol. The molecule has 3 rings (SSSR count). The van der Waals surface area contributed by atoms with Crippen LogP contribution in [-0.2, 0) is 4.79 Å². The van der Waals surface area contributed by atoms with Crippen molar-refractivity contribution in [2.45, 2.75) is 12.8 Å². The third-order valence-electron chi connectivity index (χ3n) is 3.80. The van der Waals surface area contributed by atoms with Gasteiger partial charge in [-0.05, 0) is 30.7 Å². The second-order valence-electron chi connectivity index (χ2n) is 5.10. The van der Waals surface area contributed by atoms with Gasteiger partial charge in [-0.25, -0.2) is 0 Å². The van der Waals surface area contributed by atoms with Crippen molar-refractivity contribution in [2.75, 3.05) is 36.0 Å². The Balaban J connectivity index is 1.72. The van der Waals surface area contributed by atoms with Crippen molar-refractivity contribution < 1.29 is 9.59 Å². The molecule has 0 unspecified atom stereocenters. The normalized spacial score (nSPS) is 19.5. The lowest BCUT2D eigenvalue weighted by atomic mass is 10.1. The van der Waals surface area contributed by atoms with Crippen LogP contribution in [-0.4, -0.2) is 47.9 Å². The van der Waals surface area contributed by atoms with Gasteiger partial charge in [0.15, 0.2) is 0 Å². The lowest BCUT2D eigenvalue weighted by molar-refractivity contribution is -0.117. The number of benzene rings is 1. The van der Waals surface area contributed by atoms with Crippen LogP contribution in [0.1, 0.15) is 23.2 Å². The topological polar surface area (TPSA) is 40.6 Å². The first kappa shape index (κ1) is 13.5. The molecule has 1 aromatic carbocycles. The maximum Gasteiger partial charge on any atom is 0.253 e. The molecule has 2 aliphatic heterocycles. The number of nitrogens with zero attached hydrogens (tertiary/aromatic N) is 2. The fourth-order valence-corrected chi connectivity index (χ4v) is 3.56. The van der Waals surface area contributed by atoms with E-state index in [2.05, 4.69) is 0 Å². The molecule has 0 N–H and O–H groups in total. The number of thioether (sulfide) groups is 1. The first-order valence-electron chi connectivity index (χ1n) is 7.03. The van der Waals surface area contributed by atoms with E-state index in [9.17, 15) is 9.59 Å². The first-order valence-corrected chi connectivity index (χ1v) is 8.18. The summed E-state index contributed by atoms with van der Waals surface area (Å²) in [6, 6.07) is 7.44. The Kier molecular flexibility index (Phi) is 3.96. The van der Waals surface area contributed by atoms with Gasteiger partial charge in [0, 0.05) is 48.8 Å². The second-order valence-corrected chi connectivity index (χ2v) is 6.33. The predicted octanol–water partition coefficient (Wildman–Crippen LogP) is 2.00. The van der Waals surface area contributed by atoms with Gasteiger partial charge in [-0.2, -0.15) is 11.8 Å². The van der Waals surface area contributed by atoms with Crippen LogP contribution < -0.4 is 4.90 Å². The zero-order chi connectivity index (χ0) is 13.9. The Morgan fingerprint density at radius 2 is 1.75 bits per heavy atom. The molecule has 5 heteroatoms. The highest BCUT2D eigenvalue weighted by atomic mass is 32.2. The smallest absolute Gasteiger partial charge is 0.253 e. The summed E-state index contributed by atoms with van der Waals surface area (Å²) in [5.41, 5.74) is 1.62. The number of carbonyl (C=O) groups excluding carboxylic acids is 2. The van der Waals surface area contributed by atoms with Crippen LogP contribution in [0, 0.1) is 0 Å². The van der Waals surface area contributed by atoms with Crippen LogP contribution in [0.15, 0.2) is 24.3 Å². The molecule has 2 aliphatic rings. The number of amides is 2.